The van der Waals surface area contributed by atoms with Crippen molar-refractivity contribution in [1.29, 1.82) is 0 Å². The standard InChI is InChI=1S/C11H24N2O/c1-6-11(3,4)13(5)10(14)9(2)7-8-12/h9H,6-8,12H2,1-5H3. The maximum absolute atomic E-state index is 11.9. The predicted molar refractivity (Wildman–Crippen MR) is 60.0 cm³/mol. The quantitative estimate of drug-likeness (QED) is 0.733. The highest BCUT2D eigenvalue weighted by atomic mass is 16.2. The van der Waals surface area contributed by atoms with Crippen molar-refractivity contribution < 1.29 is 4.79 Å². The van der Waals surface area contributed by atoms with Crippen LogP contribution in [0.4, 0.5) is 0 Å². The Kier molecular flexibility index (Phi) is 5.13. The van der Waals surface area contributed by atoms with Gasteiger partial charge in [-0.05, 0) is 33.2 Å². The lowest BCUT2D eigenvalue weighted by atomic mass is 9.97. The van der Waals surface area contributed by atoms with Gasteiger partial charge in [-0.3, -0.25) is 4.79 Å². The Balaban J connectivity index is 4.38. The van der Waals surface area contributed by atoms with Gasteiger partial charge in [0.15, 0.2) is 0 Å². The minimum Gasteiger partial charge on any atom is -0.340 e. The topological polar surface area (TPSA) is 46.3 Å². The first-order chi connectivity index (χ1) is 6.36. The molecule has 0 aromatic rings. The first kappa shape index (κ1) is 13.4. The highest BCUT2D eigenvalue weighted by molar-refractivity contribution is 5.78. The normalized spacial score (nSPS) is 13.9. The summed E-state index contributed by atoms with van der Waals surface area (Å²) in [6.45, 7) is 8.78. The summed E-state index contributed by atoms with van der Waals surface area (Å²) in [4.78, 5) is 13.7. The van der Waals surface area contributed by atoms with E-state index in [2.05, 4.69) is 20.8 Å². The van der Waals surface area contributed by atoms with Crippen molar-refractivity contribution in [3.8, 4) is 0 Å². The van der Waals surface area contributed by atoms with E-state index in [0.29, 0.717) is 6.54 Å². The van der Waals surface area contributed by atoms with Crippen LogP contribution in [0.2, 0.25) is 0 Å². The number of nitrogens with two attached hydrogens (primary N) is 1. The van der Waals surface area contributed by atoms with Crippen molar-refractivity contribution in [2.24, 2.45) is 11.7 Å². The molecule has 1 amide bonds. The van der Waals surface area contributed by atoms with Crippen molar-refractivity contribution in [2.45, 2.75) is 46.1 Å². The van der Waals surface area contributed by atoms with E-state index in [1.807, 2.05) is 18.9 Å². The second-order valence-electron chi connectivity index (χ2n) is 4.54. The van der Waals surface area contributed by atoms with Crippen molar-refractivity contribution in [2.75, 3.05) is 13.6 Å². The van der Waals surface area contributed by atoms with Crippen LogP contribution >= 0.6 is 0 Å². The maximum Gasteiger partial charge on any atom is 0.225 e. The minimum atomic E-state index is -0.0556. The van der Waals surface area contributed by atoms with Crippen LogP contribution in [0, 0.1) is 5.92 Å². The van der Waals surface area contributed by atoms with E-state index in [0.717, 1.165) is 12.8 Å². The Morgan fingerprint density at radius 2 is 2.00 bits per heavy atom. The third-order valence-electron chi connectivity index (χ3n) is 3.13. The van der Waals surface area contributed by atoms with Crippen LogP contribution in [-0.4, -0.2) is 29.9 Å². The molecule has 3 nitrogen and oxygen atoms in total. The minimum absolute atomic E-state index is 0.0378. The van der Waals surface area contributed by atoms with Crippen LogP contribution in [0.15, 0.2) is 0 Å². The molecule has 0 aliphatic rings. The molecule has 0 aromatic heterocycles. The van der Waals surface area contributed by atoms with Gasteiger partial charge in [-0.15, -0.1) is 0 Å². The van der Waals surface area contributed by atoms with E-state index in [-0.39, 0.29) is 17.4 Å². The van der Waals surface area contributed by atoms with Crippen LogP contribution in [0.5, 0.6) is 0 Å². The average molecular weight is 200 g/mol. The zero-order chi connectivity index (χ0) is 11.4. The van der Waals surface area contributed by atoms with Gasteiger partial charge in [-0.1, -0.05) is 13.8 Å². The second-order valence-corrected chi connectivity index (χ2v) is 4.54. The Morgan fingerprint density at radius 1 is 1.50 bits per heavy atom. The zero-order valence-corrected chi connectivity index (χ0v) is 10.1. The fourth-order valence-electron chi connectivity index (χ4n) is 1.24. The fourth-order valence-corrected chi connectivity index (χ4v) is 1.24. The van der Waals surface area contributed by atoms with Gasteiger partial charge in [0.2, 0.25) is 5.91 Å². The van der Waals surface area contributed by atoms with Gasteiger partial charge in [0, 0.05) is 18.5 Å². The number of amides is 1. The van der Waals surface area contributed by atoms with E-state index in [4.69, 9.17) is 5.73 Å². The SMILES string of the molecule is CCC(C)(C)N(C)C(=O)C(C)CCN. The van der Waals surface area contributed by atoms with Gasteiger partial charge in [-0.25, -0.2) is 0 Å². The molecule has 0 saturated heterocycles. The highest BCUT2D eigenvalue weighted by Crippen LogP contribution is 2.19. The first-order valence-electron chi connectivity index (χ1n) is 5.34. The summed E-state index contributed by atoms with van der Waals surface area (Å²) >= 11 is 0. The lowest BCUT2D eigenvalue weighted by Crippen LogP contribution is -2.46. The number of hydrogen-bond acceptors (Lipinski definition) is 2. The van der Waals surface area contributed by atoms with Crippen LogP contribution in [0.25, 0.3) is 0 Å². The number of carbonyl (C=O) groups excluding carboxylic acids is 1. The van der Waals surface area contributed by atoms with Gasteiger partial charge >= 0.3 is 0 Å². The molecule has 0 rings (SSSR count). The monoisotopic (exact) mass is 200 g/mol. The lowest BCUT2D eigenvalue weighted by molar-refractivity contribution is -0.138. The summed E-state index contributed by atoms with van der Waals surface area (Å²) < 4.78 is 0. The molecule has 0 aromatic carbocycles. The molecule has 0 bridgehead atoms. The fraction of sp³-hybridized carbons (Fsp3) is 0.909. The molecular weight excluding hydrogens is 176 g/mol. The van der Waals surface area contributed by atoms with Crippen molar-refractivity contribution >= 4 is 5.91 Å². The largest absolute Gasteiger partial charge is 0.340 e. The van der Waals surface area contributed by atoms with E-state index < -0.39 is 0 Å². The second kappa shape index (κ2) is 5.35. The summed E-state index contributed by atoms with van der Waals surface area (Å²) in [5.74, 6) is 0.234. The average Bonchev–Trinajstić information content (AvgIpc) is 2.15. The third-order valence-corrected chi connectivity index (χ3v) is 3.13. The summed E-state index contributed by atoms with van der Waals surface area (Å²) in [5, 5.41) is 0. The third kappa shape index (κ3) is 3.29. The summed E-state index contributed by atoms with van der Waals surface area (Å²) in [5.41, 5.74) is 5.38. The molecule has 0 aliphatic heterocycles. The lowest BCUT2D eigenvalue weighted by Gasteiger charge is -2.36. The number of carbonyl (C=O) groups is 1. The van der Waals surface area contributed by atoms with E-state index in [9.17, 15) is 4.79 Å². The van der Waals surface area contributed by atoms with E-state index >= 15 is 0 Å². The molecule has 2 N–H and O–H groups in total. The summed E-state index contributed by atoms with van der Waals surface area (Å²) in [6.07, 6.45) is 1.73. The maximum atomic E-state index is 11.9. The molecule has 0 spiro atoms. The number of nitrogens with zero attached hydrogens (tertiary/aromatic N) is 1. The molecule has 1 unspecified atom stereocenters. The Labute approximate surface area is 87.6 Å². The van der Waals surface area contributed by atoms with Crippen LogP contribution < -0.4 is 5.73 Å². The summed E-state index contributed by atoms with van der Waals surface area (Å²) in [7, 11) is 1.87. The number of rotatable bonds is 5. The van der Waals surface area contributed by atoms with Crippen LogP contribution in [-0.2, 0) is 4.79 Å². The molecule has 1 atom stereocenters. The van der Waals surface area contributed by atoms with E-state index in [1.165, 1.54) is 0 Å². The van der Waals surface area contributed by atoms with Gasteiger partial charge in [-0.2, -0.15) is 0 Å². The number of hydrogen-bond donors (Lipinski definition) is 1. The smallest absolute Gasteiger partial charge is 0.225 e. The van der Waals surface area contributed by atoms with E-state index in [1.54, 1.807) is 0 Å². The Morgan fingerprint density at radius 3 is 2.36 bits per heavy atom. The van der Waals surface area contributed by atoms with Crippen molar-refractivity contribution in [3.63, 3.8) is 0 Å². The van der Waals surface area contributed by atoms with Crippen LogP contribution in [0.1, 0.15) is 40.5 Å². The van der Waals surface area contributed by atoms with Crippen LogP contribution in [0.3, 0.4) is 0 Å². The summed E-state index contributed by atoms with van der Waals surface area (Å²) in [6, 6.07) is 0. The zero-order valence-electron chi connectivity index (χ0n) is 10.1. The molecule has 0 heterocycles. The molecular formula is C11H24N2O. The van der Waals surface area contributed by atoms with Crippen molar-refractivity contribution in [3.05, 3.63) is 0 Å². The van der Waals surface area contributed by atoms with Gasteiger partial charge in [0.25, 0.3) is 0 Å². The molecule has 0 saturated carbocycles. The van der Waals surface area contributed by atoms with Gasteiger partial charge < -0.3 is 10.6 Å². The molecule has 0 radical (unpaired) electrons. The molecule has 3 heteroatoms. The van der Waals surface area contributed by atoms with Gasteiger partial charge in [0.05, 0.1) is 0 Å². The predicted octanol–water partition coefficient (Wildman–Crippen LogP) is 1.62. The molecule has 0 fully saturated rings. The van der Waals surface area contributed by atoms with Crippen molar-refractivity contribution in [1.82, 2.24) is 4.90 Å². The molecule has 0 aliphatic carbocycles. The molecule has 84 valence electrons. The molecule has 14 heavy (non-hydrogen) atoms. The Bertz CT molecular complexity index is 190. The van der Waals surface area contributed by atoms with Gasteiger partial charge in [0.1, 0.15) is 0 Å². The highest BCUT2D eigenvalue weighted by Gasteiger charge is 2.28. The Hall–Kier alpha value is -0.570. The first-order valence-corrected chi connectivity index (χ1v) is 5.34.